The van der Waals surface area contributed by atoms with Gasteiger partial charge in [-0.2, -0.15) is 0 Å². The molecule has 0 spiro atoms. The van der Waals surface area contributed by atoms with Gasteiger partial charge in [0.2, 0.25) is 0 Å². The van der Waals surface area contributed by atoms with Crippen LogP contribution in [-0.2, 0) is 0 Å². The van der Waals surface area contributed by atoms with Crippen LogP contribution >= 0.6 is 0 Å². The predicted octanol–water partition coefficient (Wildman–Crippen LogP) is 2.39. The molecule has 2 aliphatic rings. The number of aliphatic hydroxyl groups excluding tert-OH is 1. The van der Waals surface area contributed by atoms with Crippen molar-refractivity contribution in [3.63, 3.8) is 0 Å². The quantitative estimate of drug-likeness (QED) is 0.776. The lowest BCUT2D eigenvalue weighted by Gasteiger charge is -2.41. The number of rotatable bonds is 6. The summed E-state index contributed by atoms with van der Waals surface area (Å²) in [6.45, 7) is 6.17. The monoisotopic (exact) mass is 268 g/mol. The van der Waals surface area contributed by atoms with Crippen LogP contribution in [0, 0.1) is 5.92 Å². The molecule has 1 heterocycles. The van der Waals surface area contributed by atoms with Crippen LogP contribution in [0.15, 0.2) is 0 Å². The lowest BCUT2D eigenvalue weighted by molar-refractivity contribution is 0.0827. The van der Waals surface area contributed by atoms with Crippen molar-refractivity contribution in [2.45, 2.75) is 70.4 Å². The van der Waals surface area contributed by atoms with Crippen LogP contribution in [-0.4, -0.2) is 48.3 Å². The molecule has 3 unspecified atom stereocenters. The van der Waals surface area contributed by atoms with Gasteiger partial charge in [0.05, 0.1) is 0 Å². The van der Waals surface area contributed by atoms with E-state index in [4.69, 9.17) is 0 Å². The molecule has 112 valence electrons. The fraction of sp³-hybridized carbons (Fsp3) is 1.00. The number of nitrogens with one attached hydrogen (secondary N) is 1. The van der Waals surface area contributed by atoms with Crippen LogP contribution < -0.4 is 5.32 Å². The van der Waals surface area contributed by atoms with Crippen molar-refractivity contribution in [1.82, 2.24) is 10.2 Å². The molecule has 2 fully saturated rings. The lowest BCUT2D eigenvalue weighted by Crippen LogP contribution is -2.48. The summed E-state index contributed by atoms with van der Waals surface area (Å²) in [5, 5.41) is 12.9. The van der Waals surface area contributed by atoms with E-state index < -0.39 is 0 Å². The molecule has 1 saturated heterocycles. The Kier molecular flexibility index (Phi) is 6.62. The van der Waals surface area contributed by atoms with Crippen LogP contribution in [0.2, 0.25) is 0 Å². The molecule has 0 aromatic rings. The second-order valence-electron chi connectivity index (χ2n) is 6.37. The second kappa shape index (κ2) is 8.23. The SMILES string of the molecule is CCNC1CCCCC1CN1CCCCC1CCO. The summed E-state index contributed by atoms with van der Waals surface area (Å²) in [5.41, 5.74) is 0. The molecule has 3 atom stereocenters. The molecule has 2 rings (SSSR count). The first-order valence-corrected chi connectivity index (χ1v) is 8.43. The van der Waals surface area contributed by atoms with E-state index in [0.29, 0.717) is 12.6 Å². The molecule has 0 bridgehead atoms. The Morgan fingerprint density at radius 1 is 1.11 bits per heavy atom. The Bertz CT molecular complexity index is 219. The Hall–Kier alpha value is -0.120. The highest BCUT2D eigenvalue weighted by Gasteiger charge is 2.29. The summed E-state index contributed by atoms with van der Waals surface area (Å²) in [7, 11) is 0. The van der Waals surface area contributed by atoms with Crippen molar-refractivity contribution in [3.05, 3.63) is 0 Å². The third kappa shape index (κ3) is 4.44. The smallest absolute Gasteiger partial charge is 0.0445 e. The van der Waals surface area contributed by atoms with Gasteiger partial charge in [0.1, 0.15) is 0 Å². The van der Waals surface area contributed by atoms with Gasteiger partial charge < -0.3 is 10.4 Å². The largest absolute Gasteiger partial charge is 0.396 e. The molecule has 1 aliphatic heterocycles. The van der Waals surface area contributed by atoms with E-state index >= 15 is 0 Å². The zero-order valence-electron chi connectivity index (χ0n) is 12.6. The first-order valence-electron chi connectivity index (χ1n) is 8.43. The van der Waals surface area contributed by atoms with E-state index in [1.807, 2.05) is 0 Å². The molecule has 3 nitrogen and oxygen atoms in total. The molecule has 2 N–H and O–H groups in total. The number of nitrogens with zero attached hydrogens (tertiary/aromatic N) is 1. The summed E-state index contributed by atoms with van der Waals surface area (Å²) < 4.78 is 0. The maximum atomic E-state index is 9.24. The normalized spacial score (nSPS) is 33.5. The van der Waals surface area contributed by atoms with Crippen molar-refractivity contribution in [2.75, 3.05) is 26.2 Å². The molecule has 0 aromatic heterocycles. The van der Waals surface area contributed by atoms with E-state index in [1.54, 1.807) is 0 Å². The number of likely N-dealkylation sites (tertiary alicyclic amines) is 1. The van der Waals surface area contributed by atoms with Crippen molar-refractivity contribution in [3.8, 4) is 0 Å². The van der Waals surface area contributed by atoms with Gasteiger partial charge in [-0.25, -0.2) is 0 Å². The summed E-state index contributed by atoms with van der Waals surface area (Å²) >= 11 is 0. The molecule has 19 heavy (non-hydrogen) atoms. The van der Waals surface area contributed by atoms with Crippen LogP contribution in [0.1, 0.15) is 58.3 Å². The van der Waals surface area contributed by atoms with E-state index in [-0.39, 0.29) is 0 Å². The van der Waals surface area contributed by atoms with Gasteiger partial charge in [-0.05, 0) is 51.1 Å². The fourth-order valence-electron chi connectivity index (χ4n) is 4.03. The summed E-state index contributed by atoms with van der Waals surface area (Å²) in [5.74, 6) is 0.827. The number of piperidine rings is 1. The molecule has 0 aromatic carbocycles. The minimum atomic E-state index is 0.350. The number of hydrogen-bond donors (Lipinski definition) is 2. The van der Waals surface area contributed by atoms with E-state index in [9.17, 15) is 5.11 Å². The third-order valence-corrected chi connectivity index (χ3v) is 5.06. The van der Waals surface area contributed by atoms with Gasteiger partial charge in [0, 0.05) is 25.2 Å². The van der Waals surface area contributed by atoms with Crippen molar-refractivity contribution in [2.24, 2.45) is 5.92 Å². The van der Waals surface area contributed by atoms with E-state index in [2.05, 4.69) is 17.1 Å². The van der Waals surface area contributed by atoms with E-state index in [1.165, 1.54) is 58.0 Å². The maximum Gasteiger partial charge on any atom is 0.0445 e. The van der Waals surface area contributed by atoms with Crippen LogP contribution in [0.5, 0.6) is 0 Å². The topological polar surface area (TPSA) is 35.5 Å². The Labute approximate surface area is 118 Å². The van der Waals surface area contributed by atoms with Crippen LogP contribution in [0.4, 0.5) is 0 Å². The minimum Gasteiger partial charge on any atom is -0.396 e. The van der Waals surface area contributed by atoms with Crippen LogP contribution in [0.3, 0.4) is 0 Å². The predicted molar refractivity (Wildman–Crippen MR) is 80.3 cm³/mol. The standard InChI is InChI=1S/C16H32N2O/c1-2-17-16-9-4-3-7-14(16)13-18-11-6-5-8-15(18)10-12-19/h14-17,19H,2-13H2,1H3. The number of aliphatic hydroxyl groups is 1. The molecule has 3 heteroatoms. The first-order chi connectivity index (χ1) is 9.35. The molecule has 0 radical (unpaired) electrons. The highest BCUT2D eigenvalue weighted by Crippen LogP contribution is 2.28. The summed E-state index contributed by atoms with van der Waals surface area (Å²) in [6, 6.07) is 1.37. The van der Waals surface area contributed by atoms with E-state index in [0.717, 1.165) is 24.9 Å². The summed E-state index contributed by atoms with van der Waals surface area (Å²) in [6.07, 6.45) is 10.5. The molecule has 0 amide bonds. The van der Waals surface area contributed by atoms with Crippen molar-refractivity contribution in [1.29, 1.82) is 0 Å². The lowest BCUT2D eigenvalue weighted by atomic mass is 9.83. The van der Waals surface area contributed by atoms with Gasteiger partial charge in [0.15, 0.2) is 0 Å². The first kappa shape index (κ1) is 15.3. The average molecular weight is 268 g/mol. The van der Waals surface area contributed by atoms with Gasteiger partial charge in [0.25, 0.3) is 0 Å². The van der Waals surface area contributed by atoms with Gasteiger partial charge in [-0.15, -0.1) is 0 Å². The second-order valence-corrected chi connectivity index (χ2v) is 6.37. The van der Waals surface area contributed by atoms with Crippen LogP contribution in [0.25, 0.3) is 0 Å². The molecular weight excluding hydrogens is 236 g/mol. The third-order valence-electron chi connectivity index (χ3n) is 5.06. The number of hydrogen-bond acceptors (Lipinski definition) is 3. The maximum absolute atomic E-state index is 9.24. The van der Waals surface area contributed by atoms with Gasteiger partial charge >= 0.3 is 0 Å². The minimum absolute atomic E-state index is 0.350. The fourth-order valence-corrected chi connectivity index (χ4v) is 4.03. The average Bonchev–Trinajstić information content (AvgIpc) is 2.44. The molecular formula is C16H32N2O. The zero-order valence-corrected chi connectivity index (χ0v) is 12.6. The van der Waals surface area contributed by atoms with Gasteiger partial charge in [-0.1, -0.05) is 26.2 Å². The van der Waals surface area contributed by atoms with Gasteiger partial charge in [-0.3, -0.25) is 4.90 Å². The molecule has 1 saturated carbocycles. The highest BCUT2D eigenvalue weighted by atomic mass is 16.3. The Morgan fingerprint density at radius 2 is 1.89 bits per heavy atom. The van der Waals surface area contributed by atoms with Crippen molar-refractivity contribution >= 4 is 0 Å². The Balaban J connectivity index is 1.88. The van der Waals surface area contributed by atoms with Crippen molar-refractivity contribution < 1.29 is 5.11 Å². The Morgan fingerprint density at radius 3 is 2.68 bits per heavy atom. The summed E-state index contributed by atoms with van der Waals surface area (Å²) in [4.78, 5) is 2.68. The zero-order chi connectivity index (χ0) is 13.5. The highest BCUT2D eigenvalue weighted by molar-refractivity contribution is 4.86. The molecule has 1 aliphatic carbocycles.